The van der Waals surface area contributed by atoms with Crippen LogP contribution < -0.4 is 4.18 Å². The zero-order valence-corrected chi connectivity index (χ0v) is 14.4. The third kappa shape index (κ3) is 3.74. The number of aryl methyl sites for hydroxylation is 2. The molecule has 0 bridgehead atoms. The lowest BCUT2D eigenvalue weighted by atomic mass is 10.1. The van der Waals surface area contributed by atoms with E-state index in [-0.39, 0.29) is 5.56 Å². The van der Waals surface area contributed by atoms with Crippen LogP contribution in [-0.2, 0) is 10.1 Å². The van der Waals surface area contributed by atoms with Crippen LogP contribution in [0.2, 0.25) is 0 Å². The Balaban J connectivity index is 2.58. The fraction of sp³-hybridized carbons (Fsp3) is 0.200. The molecule has 2 aromatic carbocycles. The van der Waals surface area contributed by atoms with Crippen molar-refractivity contribution in [1.82, 2.24) is 0 Å². The van der Waals surface area contributed by atoms with Gasteiger partial charge in [0.15, 0.2) is 0 Å². The Morgan fingerprint density at radius 2 is 1.60 bits per heavy atom. The van der Waals surface area contributed by atoms with Gasteiger partial charge in [0.1, 0.15) is 4.90 Å². The van der Waals surface area contributed by atoms with Crippen LogP contribution in [0.1, 0.15) is 16.7 Å². The summed E-state index contributed by atoms with van der Waals surface area (Å²) >= 11 is 0. The molecule has 2 rings (SSSR count). The molecule has 10 heteroatoms. The van der Waals surface area contributed by atoms with Crippen molar-refractivity contribution >= 4 is 21.5 Å². The number of nitrogens with zero attached hydrogens (tertiary/aromatic N) is 2. The Morgan fingerprint density at radius 3 is 2.16 bits per heavy atom. The number of nitro benzene ring substituents is 2. The van der Waals surface area contributed by atoms with Gasteiger partial charge in [-0.3, -0.25) is 20.2 Å². The van der Waals surface area contributed by atoms with Crippen LogP contribution in [0.4, 0.5) is 11.4 Å². The summed E-state index contributed by atoms with van der Waals surface area (Å²) in [6, 6.07) is 5.92. The lowest BCUT2D eigenvalue weighted by Gasteiger charge is -2.11. The van der Waals surface area contributed by atoms with E-state index >= 15 is 0 Å². The lowest BCUT2D eigenvalue weighted by molar-refractivity contribution is -0.385. The van der Waals surface area contributed by atoms with Gasteiger partial charge in [-0.25, -0.2) is 0 Å². The third-order valence-corrected chi connectivity index (χ3v) is 4.96. The van der Waals surface area contributed by atoms with E-state index in [1.807, 2.05) is 0 Å². The van der Waals surface area contributed by atoms with Gasteiger partial charge >= 0.3 is 15.8 Å². The monoisotopic (exact) mass is 366 g/mol. The number of non-ortho nitro benzene ring substituents is 1. The average molecular weight is 366 g/mol. The molecule has 0 atom stereocenters. The molecule has 0 aromatic heterocycles. The first-order valence-corrected chi connectivity index (χ1v) is 8.39. The molecule has 0 radical (unpaired) electrons. The van der Waals surface area contributed by atoms with Crippen LogP contribution >= 0.6 is 0 Å². The highest BCUT2D eigenvalue weighted by Crippen LogP contribution is 2.32. The number of hydrogen-bond acceptors (Lipinski definition) is 7. The Morgan fingerprint density at radius 1 is 0.960 bits per heavy atom. The van der Waals surface area contributed by atoms with Crippen molar-refractivity contribution in [3.8, 4) is 5.75 Å². The predicted octanol–water partition coefficient (Wildman–Crippen LogP) is 3.20. The molecule has 9 nitrogen and oxygen atoms in total. The molecule has 2 aromatic rings. The standard InChI is InChI=1S/C15H14N2O7S/c1-9-4-5-14(13(6-9)17(20)21)24-25(22,23)15-8-12(16(18)19)7-10(2)11(15)3/h4-8H,1-3H3. The van der Waals surface area contributed by atoms with Crippen molar-refractivity contribution in [3.05, 3.63) is 67.3 Å². The maximum absolute atomic E-state index is 12.5. The summed E-state index contributed by atoms with van der Waals surface area (Å²) < 4.78 is 30.0. The molecule has 0 N–H and O–H groups in total. The van der Waals surface area contributed by atoms with Crippen LogP contribution in [0.3, 0.4) is 0 Å². The zero-order valence-electron chi connectivity index (χ0n) is 13.5. The molecule has 0 saturated carbocycles. The van der Waals surface area contributed by atoms with Gasteiger partial charge in [0.05, 0.1) is 9.85 Å². The second-order valence-corrected chi connectivity index (χ2v) is 6.92. The molecule has 0 saturated heterocycles. The van der Waals surface area contributed by atoms with Gasteiger partial charge < -0.3 is 4.18 Å². The molecule has 0 heterocycles. The molecule has 0 amide bonds. The van der Waals surface area contributed by atoms with Gasteiger partial charge in [-0.1, -0.05) is 6.07 Å². The fourth-order valence-corrected chi connectivity index (χ4v) is 3.45. The minimum absolute atomic E-state index is 0.264. The van der Waals surface area contributed by atoms with Crippen molar-refractivity contribution in [3.63, 3.8) is 0 Å². The number of rotatable bonds is 5. The van der Waals surface area contributed by atoms with E-state index in [0.717, 1.165) is 6.07 Å². The summed E-state index contributed by atoms with van der Waals surface area (Å²) in [7, 11) is -4.50. The van der Waals surface area contributed by atoms with Gasteiger partial charge in [0, 0.05) is 18.2 Å². The minimum atomic E-state index is -4.50. The van der Waals surface area contributed by atoms with Crippen molar-refractivity contribution < 1.29 is 22.4 Å². The van der Waals surface area contributed by atoms with Gasteiger partial charge in [-0.05, 0) is 43.5 Å². The quantitative estimate of drug-likeness (QED) is 0.451. The third-order valence-electron chi connectivity index (χ3n) is 3.60. The fourth-order valence-electron chi connectivity index (χ4n) is 2.18. The van der Waals surface area contributed by atoms with Crippen LogP contribution in [0.5, 0.6) is 5.75 Å². The van der Waals surface area contributed by atoms with Crippen LogP contribution in [0.25, 0.3) is 0 Å². The van der Waals surface area contributed by atoms with Crippen molar-refractivity contribution in [2.75, 3.05) is 0 Å². The first-order valence-electron chi connectivity index (χ1n) is 6.98. The van der Waals surface area contributed by atoms with Crippen LogP contribution in [0.15, 0.2) is 35.2 Å². The molecule has 25 heavy (non-hydrogen) atoms. The molecule has 0 aliphatic heterocycles. The highest BCUT2D eigenvalue weighted by Gasteiger charge is 2.27. The van der Waals surface area contributed by atoms with Crippen molar-refractivity contribution in [2.24, 2.45) is 0 Å². The van der Waals surface area contributed by atoms with E-state index < -0.39 is 42.0 Å². The minimum Gasteiger partial charge on any atom is -0.372 e. The van der Waals surface area contributed by atoms with E-state index in [2.05, 4.69) is 0 Å². The van der Waals surface area contributed by atoms with E-state index in [0.29, 0.717) is 11.1 Å². The van der Waals surface area contributed by atoms with E-state index in [1.165, 1.54) is 38.1 Å². The number of hydrogen-bond donors (Lipinski definition) is 0. The molecule has 0 spiro atoms. The summed E-state index contributed by atoms with van der Waals surface area (Å²) in [5.41, 5.74) is 0.279. The molecule has 0 aliphatic rings. The Labute approximate surface area is 143 Å². The SMILES string of the molecule is Cc1ccc(OS(=O)(=O)c2cc([N+](=O)[O-])cc(C)c2C)c([N+](=O)[O-])c1. The number of benzene rings is 2. The molecule has 0 unspecified atom stereocenters. The second-order valence-electron chi connectivity index (χ2n) is 5.41. The van der Waals surface area contributed by atoms with E-state index in [1.54, 1.807) is 6.92 Å². The molecule has 132 valence electrons. The van der Waals surface area contributed by atoms with Gasteiger partial charge in [-0.15, -0.1) is 0 Å². The summed E-state index contributed by atoms with van der Waals surface area (Å²) in [5, 5.41) is 22.1. The predicted molar refractivity (Wildman–Crippen MR) is 88.2 cm³/mol. The highest BCUT2D eigenvalue weighted by atomic mass is 32.2. The Kier molecular flexibility index (Phi) is 4.75. The largest absolute Gasteiger partial charge is 0.372 e. The topological polar surface area (TPSA) is 130 Å². The first kappa shape index (κ1) is 18.3. The molecular formula is C15H14N2O7S. The van der Waals surface area contributed by atoms with Gasteiger partial charge in [0.2, 0.25) is 5.75 Å². The molecule has 0 aliphatic carbocycles. The maximum Gasteiger partial charge on any atom is 0.339 e. The summed E-state index contributed by atoms with van der Waals surface area (Å²) in [5.74, 6) is -0.459. The molecular weight excluding hydrogens is 352 g/mol. The average Bonchev–Trinajstić information content (AvgIpc) is 2.50. The normalized spacial score (nSPS) is 11.2. The smallest absolute Gasteiger partial charge is 0.339 e. The Bertz CT molecular complexity index is 984. The van der Waals surface area contributed by atoms with Gasteiger partial charge in [0.25, 0.3) is 5.69 Å². The Hall–Kier alpha value is -3.01. The van der Waals surface area contributed by atoms with E-state index in [9.17, 15) is 28.6 Å². The second kappa shape index (κ2) is 6.48. The number of nitro groups is 2. The lowest BCUT2D eigenvalue weighted by Crippen LogP contribution is -2.13. The van der Waals surface area contributed by atoms with E-state index in [4.69, 9.17) is 4.18 Å². The van der Waals surface area contributed by atoms with Crippen molar-refractivity contribution in [2.45, 2.75) is 25.7 Å². The summed E-state index contributed by atoms with van der Waals surface area (Å²) in [6.45, 7) is 4.61. The highest BCUT2D eigenvalue weighted by molar-refractivity contribution is 7.87. The maximum atomic E-state index is 12.5. The first-order chi connectivity index (χ1) is 11.5. The van der Waals surface area contributed by atoms with Crippen LogP contribution in [0, 0.1) is 41.0 Å². The molecule has 0 fully saturated rings. The summed E-state index contributed by atoms with van der Waals surface area (Å²) in [6.07, 6.45) is 0. The zero-order chi connectivity index (χ0) is 18.9. The van der Waals surface area contributed by atoms with Gasteiger partial charge in [-0.2, -0.15) is 8.42 Å². The van der Waals surface area contributed by atoms with Crippen LogP contribution in [-0.4, -0.2) is 18.3 Å². The van der Waals surface area contributed by atoms with Crippen molar-refractivity contribution in [1.29, 1.82) is 0 Å². The summed E-state index contributed by atoms with van der Waals surface area (Å²) in [4.78, 5) is 20.2.